The molecule has 2 aromatic carbocycles. The van der Waals surface area contributed by atoms with Crippen LogP contribution in [-0.4, -0.2) is 59.6 Å². The van der Waals surface area contributed by atoms with Crippen LogP contribution in [0.1, 0.15) is 30.0 Å². The van der Waals surface area contributed by atoms with Crippen molar-refractivity contribution in [2.75, 3.05) is 6.26 Å². The van der Waals surface area contributed by atoms with E-state index in [1.54, 1.807) is 24.5 Å². The zero-order valence-electron chi connectivity index (χ0n) is 13.9. The van der Waals surface area contributed by atoms with Crippen LogP contribution >= 0.6 is 0 Å². The van der Waals surface area contributed by atoms with E-state index in [-0.39, 0.29) is 50.0 Å². The predicted octanol–water partition coefficient (Wildman–Crippen LogP) is 3.45. The van der Waals surface area contributed by atoms with Crippen molar-refractivity contribution in [2.24, 2.45) is 0 Å². The summed E-state index contributed by atoms with van der Waals surface area (Å²) < 4.78 is 25.1. The van der Waals surface area contributed by atoms with Crippen LogP contribution in [0.25, 0.3) is 17.2 Å². The predicted molar refractivity (Wildman–Crippen MR) is 106 cm³/mol. The van der Waals surface area contributed by atoms with Gasteiger partial charge in [-0.05, 0) is 94.0 Å². The average molecular weight is 399 g/mol. The van der Waals surface area contributed by atoms with Gasteiger partial charge in [0.25, 0.3) is 0 Å². The molecule has 0 saturated heterocycles. The molecule has 6 heteroatoms. The van der Waals surface area contributed by atoms with Gasteiger partial charge in [0.2, 0.25) is 0 Å². The Morgan fingerprint density at radius 1 is 1.19 bits per heavy atom. The van der Waals surface area contributed by atoms with Crippen molar-refractivity contribution in [3.8, 4) is 0 Å². The number of rotatable bonds is 4. The van der Waals surface area contributed by atoms with Gasteiger partial charge in [0.15, 0.2) is 4.90 Å². The monoisotopic (exact) mass is 398 g/mol. The van der Waals surface area contributed by atoms with Gasteiger partial charge in [-0.3, -0.25) is 4.79 Å². The number of hydrogen-bond donors (Lipinski definition) is 1. The summed E-state index contributed by atoms with van der Waals surface area (Å²) in [5.41, 5.74) is 4.74. The van der Waals surface area contributed by atoms with Gasteiger partial charge in [0.05, 0.1) is 6.42 Å². The molecule has 2 aromatic rings. The molecule has 132 valence electrons. The molecule has 0 heterocycles. The summed E-state index contributed by atoms with van der Waals surface area (Å²) in [6.07, 6.45) is 3.43. The molecule has 0 fully saturated rings. The van der Waals surface area contributed by atoms with Gasteiger partial charge < -0.3 is 9.66 Å². The molecule has 1 unspecified atom stereocenters. The maximum absolute atomic E-state index is 13.7. The number of carbonyl (C=O) groups is 1. The van der Waals surface area contributed by atoms with Gasteiger partial charge in [-0.25, -0.2) is 4.39 Å². The summed E-state index contributed by atoms with van der Waals surface area (Å²) in [6.45, 7) is 1.86. The van der Waals surface area contributed by atoms with E-state index in [0.717, 1.165) is 27.2 Å². The molecule has 1 aliphatic carbocycles. The summed E-state index contributed by atoms with van der Waals surface area (Å²) in [5.74, 6) is -1.33. The van der Waals surface area contributed by atoms with E-state index in [2.05, 4.69) is 0 Å². The number of fused-ring (bicyclic) bond motifs is 1. The van der Waals surface area contributed by atoms with Crippen LogP contribution < -0.4 is 0 Å². The number of carboxylic acids is 1. The first-order valence-electron chi connectivity index (χ1n) is 7.74. The van der Waals surface area contributed by atoms with Crippen molar-refractivity contribution in [2.45, 2.75) is 18.2 Å². The SMILES string of the molecule is CC1=C(CC(=O)O)c2cc(F)ccc2C1=Cc1ccc([S+](C)[O-])cc1.[CaH2]. The van der Waals surface area contributed by atoms with Crippen LogP contribution in [-0.2, 0) is 16.0 Å². The Morgan fingerprint density at radius 3 is 2.42 bits per heavy atom. The number of benzene rings is 2. The molecule has 0 spiro atoms. The van der Waals surface area contributed by atoms with Crippen LogP contribution in [0.2, 0.25) is 0 Å². The van der Waals surface area contributed by atoms with E-state index >= 15 is 0 Å². The summed E-state index contributed by atoms with van der Waals surface area (Å²) >= 11 is -1.04. The number of allylic oxidation sites excluding steroid dienone is 2. The molecule has 0 radical (unpaired) electrons. The zero-order valence-corrected chi connectivity index (χ0v) is 14.7. The van der Waals surface area contributed by atoms with Crippen LogP contribution in [0, 0.1) is 5.82 Å². The van der Waals surface area contributed by atoms with Gasteiger partial charge in [0, 0.05) is 0 Å². The normalized spacial score (nSPS) is 15.6. The van der Waals surface area contributed by atoms with Crippen molar-refractivity contribution in [3.05, 3.63) is 70.5 Å². The van der Waals surface area contributed by atoms with Crippen LogP contribution in [0.3, 0.4) is 0 Å². The van der Waals surface area contributed by atoms with Crippen LogP contribution in [0.15, 0.2) is 52.9 Å². The standard InChI is InChI=1S/C20H17FO3S.Ca.2H/c1-12-17(9-13-3-6-15(7-4-13)25(2)24)16-8-5-14(21)10-19(16)18(12)11-20(22)23;;;/h3-10H,11H2,1-2H3,(H,22,23);;;. The molecule has 3 nitrogen and oxygen atoms in total. The number of halogens is 1. The molecule has 0 amide bonds. The maximum atomic E-state index is 13.7. The third kappa shape index (κ3) is 4.41. The summed E-state index contributed by atoms with van der Waals surface area (Å²) in [4.78, 5) is 11.9. The first-order valence-corrected chi connectivity index (χ1v) is 9.30. The number of carboxylic acid groups (broad SMARTS) is 1. The fraction of sp³-hybridized carbons (Fsp3) is 0.150. The molecule has 1 aliphatic rings. The van der Waals surface area contributed by atoms with E-state index in [1.807, 2.05) is 25.1 Å². The topological polar surface area (TPSA) is 60.4 Å². The number of hydrogen-bond acceptors (Lipinski definition) is 2. The molecule has 26 heavy (non-hydrogen) atoms. The van der Waals surface area contributed by atoms with Crippen LogP contribution in [0.5, 0.6) is 0 Å². The Kier molecular flexibility index (Phi) is 7.11. The third-order valence-electron chi connectivity index (χ3n) is 4.30. The Morgan fingerprint density at radius 2 is 1.85 bits per heavy atom. The second-order valence-corrected chi connectivity index (χ2v) is 7.32. The zero-order chi connectivity index (χ0) is 18.1. The van der Waals surface area contributed by atoms with E-state index in [9.17, 15) is 13.7 Å². The van der Waals surface area contributed by atoms with E-state index in [1.165, 1.54) is 12.1 Å². The van der Waals surface area contributed by atoms with E-state index in [0.29, 0.717) is 11.1 Å². The van der Waals surface area contributed by atoms with Gasteiger partial charge in [-0.1, -0.05) is 6.07 Å². The van der Waals surface area contributed by atoms with Crippen molar-refractivity contribution in [3.63, 3.8) is 0 Å². The Labute approximate surface area is 184 Å². The first kappa shape index (κ1) is 21.2. The Balaban J connectivity index is 0.00000243. The Hall–Kier alpha value is -1.11. The molecular weight excluding hydrogens is 379 g/mol. The van der Waals surface area contributed by atoms with Crippen molar-refractivity contribution in [1.82, 2.24) is 0 Å². The fourth-order valence-electron chi connectivity index (χ4n) is 3.05. The summed E-state index contributed by atoms with van der Waals surface area (Å²) in [7, 11) is 0. The quantitative estimate of drug-likeness (QED) is 0.634. The minimum absolute atomic E-state index is 0. The van der Waals surface area contributed by atoms with Crippen molar-refractivity contribution in [1.29, 1.82) is 0 Å². The molecule has 1 atom stereocenters. The summed E-state index contributed by atoms with van der Waals surface area (Å²) in [6, 6.07) is 11.8. The summed E-state index contributed by atoms with van der Waals surface area (Å²) in [5, 5.41) is 9.17. The first-order chi connectivity index (χ1) is 11.9. The van der Waals surface area contributed by atoms with Gasteiger partial charge >= 0.3 is 43.7 Å². The molecular formula is C20H19CaFO3S. The van der Waals surface area contributed by atoms with Crippen LogP contribution in [0.4, 0.5) is 4.39 Å². The molecule has 1 N–H and O–H groups in total. The second-order valence-electron chi connectivity index (χ2n) is 5.95. The fourth-order valence-corrected chi connectivity index (χ4v) is 3.57. The Bertz CT molecular complexity index is 902. The third-order valence-corrected chi connectivity index (χ3v) is 5.24. The second kappa shape index (κ2) is 8.72. The van der Waals surface area contributed by atoms with E-state index in [4.69, 9.17) is 5.11 Å². The van der Waals surface area contributed by atoms with E-state index < -0.39 is 17.1 Å². The van der Waals surface area contributed by atoms with Gasteiger partial charge in [-0.2, -0.15) is 0 Å². The van der Waals surface area contributed by atoms with Crippen molar-refractivity contribution < 1.29 is 18.8 Å². The van der Waals surface area contributed by atoms with Gasteiger partial charge in [-0.15, -0.1) is 0 Å². The molecule has 3 rings (SSSR count). The molecule has 0 saturated carbocycles. The molecule has 0 bridgehead atoms. The number of aliphatic carboxylic acids is 1. The average Bonchev–Trinajstić information content (AvgIpc) is 2.80. The molecule has 0 aromatic heterocycles. The van der Waals surface area contributed by atoms with Gasteiger partial charge in [0.1, 0.15) is 12.1 Å². The van der Waals surface area contributed by atoms with Crippen molar-refractivity contribution >= 4 is 72.1 Å². The molecule has 0 aliphatic heterocycles. The minimum atomic E-state index is -1.04.